The van der Waals surface area contributed by atoms with Gasteiger partial charge in [0.15, 0.2) is 5.65 Å². The van der Waals surface area contributed by atoms with Crippen LogP contribution in [0, 0.1) is 0 Å². The summed E-state index contributed by atoms with van der Waals surface area (Å²) < 4.78 is 7.69. The van der Waals surface area contributed by atoms with E-state index in [1.54, 1.807) is 16.8 Å². The van der Waals surface area contributed by atoms with E-state index in [1.807, 2.05) is 42.0 Å². The van der Waals surface area contributed by atoms with Gasteiger partial charge in [-0.1, -0.05) is 18.6 Å². The molecule has 5 rings (SSSR count). The molecule has 32 heavy (non-hydrogen) atoms. The van der Waals surface area contributed by atoms with Crippen LogP contribution in [0.25, 0.3) is 27.9 Å². The minimum Gasteiger partial charge on any atom is -0.492 e. The molecule has 0 saturated carbocycles. The van der Waals surface area contributed by atoms with Crippen molar-refractivity contribution in [3.8, 4) is 28.0 Å². The molecule has 0 radical (unpaired) electrons. The molecular formula is C24H25N5O2S. The van der Waals surface area contributed by atoms with Gasteiger partial charge in [-0.2, -0.15) is 5.10 Å². The molecule has 7 nitrogen and oxygen atoms in total. The van der Waals surface area contributed by atoms with Crippen molar-refractivity contribution >= 4 is 22.9 Å². The zero-order valence-corrected chi connectivity index (χ0v) is 18.6. The van der Waals surface area contributed by atoms with Crippen LogP contribution in [0.1, 0.15) is 28.9 Å². The Bertz CT molecular complexity index is 1220. The van der Waals surface area contributed by atoms with E-state index in [-0.39, 0.29) is 0 Å². The second-order valence-electron chi connectivity index (χ2n) is 8.01. The zero-order valence-electron chi connectivity index (χ0n) is 17.7. The van der Waals surface area contributed by atoms with Gasteiger partial charge in [0.05, 0.1) is 11.1 Å². The molecule has 4 aromatic rings. The van der Waals surface area contributed by atoms with Gasteiger partial charge in [0.2, 0.25) is 0 Å². The highest BCUT2D eigenvalue weighted by Gasteiger charge is 2.13. The molecular weight excluding hydrogens is 422 g/mol. The molecule has 3 aromatic heterocycles. The summed E-state index contributed by atoms with van der Waals surface area (Å²) in [6, 6.07) is 9.87. The summed E-state index contributed by atoms with van der Waals surface area (Å²) in [5, 5.41) is 6.35. The SMILES string of the molecule is NC(=O)c1cc(-c2cnn3cc(-c4ccc(OCCN5CCCCC5)cc4)cnc23)cs1. The molecule has 8 heteroatoms. The highest BCUT2D eigenvalue weighted by molar-refractivity contribution is 7.12. The standard InChI is InChI=1S/C24H25N5O2S/c25-23(30)22-12-18(16-32-22)21-14-27-29-15-19(13-26-24(21)29)17-4-6-20(7-5-17)31-11-10-28-8-2-1-3-9-28/h4-7,12-16H,1-3,8-11H2,(H2,25,30). The minimum atomic E-state index is -0.424. The summed E-state index contributed by atoms with van der Waals surface area (Å²) in [5.41, 5.74) is 9.89. The van der Waals surface area contributed by atoms with Gasteiger partial charge < -0.3 is 10.5 Å². The van der Waals surface area contributed by atoms with Crippen molar-refractivity contribution in [2.75, 3.05) is 26.2 Å². The van der Waals surface area contributed by atoms with Crippen LogP contribution in [0.4, 0.5) is 0 Å². The highest BCUT2D eigenvalue weighted by Crippen LogP contribution is 2.29. The van der Waals surface area contributed by atoms with Crippen LogP contribution in [-0.4, -0.2) is 51.6 Å². The second-order valence-corrected chi connectivity index (χ2v) is 8.92. The number of ether oxygens (including phenoxy) is 1. The third kappa shape index (κ3) is 4.37. The van der Waals surface area contributed by atoms with E-state index in [1.165, 1.54) is 43.7 Å². The molecule has 2 N–H and O–H groups in total. The van der Waals surface area contributed by atoms with Crippen molar-refractivity contribution in [1.29, 1.82) is 0 Å². The number of piperidine rings is 1. The maximum Gasteiger partial charge on any atom is 0.258 e. The van der Waals surface area contributed by atoms with Gasteiger partial charge in [-0.05, 0) is 60.6 Å². The molecule has 1 aromatic carbocycles. The third-order valence-corrected chi connectivity index (χ3v) is 6.77. The number of hydrogen-bond acceptors (Lipinski definition) is 6. The molecule has 1 fully saturated rings. The first kappa shape index (κ1) is 20.7. The summed E-state index contributed by atoms with van der Waals surface area (Å²) in [6.45, 7) is 4.06. The van der Waals surface area contributed by atoms with Crippen molar-refractivity contribution < 1.29 is 9.53 Å². The van der Waals surface area contributed by atoms with Crippen molar-refractivity contribution in [3.05, 3.63) is 59.2 Å². The average molecular weight is 448 g/mol. The van der Waals surface area contributed by atoms with E-state index in [4.69, 9.17) is 10.5 Å². The number of amides is 1. The van der Waals surface area contributed by atoms with Crippen molar-refractivity contribution in [1.82, 2.24) is 19.5 Å². The Morgan fingerprint density at radius 3 is 2.62 bits per heavy atom. The highest BCUT2D eigenvalue weighted by atomic mass is 32.1. The fraction of sp³-hybridized carbons (Fsp3) is 0.292. The number of likely N-dealkylation sites (tertiary alicyclic amines) is 1. The van der Waals surface area contributed by atoms with E-state index in [2.05, 4.69) is 15.0 Å². The number of hydrogen-bond donors (Lipinski definition) is 1. The number of benzene rings is 1. The molecule has 1 amide bonds. The summed E-state index contributed by atoms with van der Waals surface area (Å²) >= 11 is 1.33. The first-order chi connectivity index (χ1) is 15.7. The number of aromatic nitrogens is 3. The third-order valence-electron chi connectivity index (χ3n) is 5.82. The lowest BCUT2D eigenvalue weighted by Gasteiger charge is -2.26. The Kier molecular flexibility index (Phi) is 5.87. The van der Waals surface area contributed by atoms with Crippen LogP contribution in [0.3, 0.4) is 0 Å². The van der Waals surface area contributed by atoms with Crippen LogP contribution < -0.4 is 10.5 Å². The molecule has 1 saturated heterocycles. The number of carbonyl (C=O) groups is 1. The average Bonchev–Trinajstić information content (AvgIpc) is 3.47. The van der Waals surface area contributed by atoms with Crippen LogP contribution in [0.5, 0.6) is 5.75 Å². The molecule has 0 spiro atoms. The van der Waals surface area contributed by atoms with Crippen molar-refractivity contribution in [2.24, 2.45) is 5.73 Å². The van der Waals surface area contributed by atoms with Crippen LogP contribution >= 0.6 is 11.3 Å². The van der Waals surface area contributed by atoms with Gasteiger partial charge in [0.25, 0.3) is 5.91 Å². The number of fused-ring (bicyclic) bond motifs is 1. The monoisotopic (exact) mass is 447 g/mol. The molecule has 0 atom stereocenters. The van der Waals surface area contributed by atoms with Crippen molar-refractivity contribution in [3.63, 3.8) is 0 Å². The maximum absolute atomic E-state index is 11.4. The number of nitrogens with zero attached hydrogens (tertiary/aromatic N) is 4. The number of carbonyl (C=O) groups excluding carboxylic acids is 1. The van der Waals surface area contributed by atoms with Crippen LogP contribution in [0.2, 0.25) is 0 Å². The molecule has 164 valence electrons. The molecule has 0 bridgehead atoms. The Morgan fingerprint density at radius 2 is 1.88 bits per heavy atom. The van der Waals surface area contributed by atoms with Gasteiger partial charge in [-0.25, -0.2) is 9.50 Å². The Hall–Kier alpha value is -3.23. The minimum absolute atomic E-state index is 0.424. The lowest BCUT2D eigenvalue weighted by molar-refractivity contribution is 0.100. The normalized spacial score (nSPS) is 14.6. The number of rotatable bonds is 7. The van der Waals surface area contributed by atoms with E-state index in [0.717, 1.165) is 40.2 Å². The fourth-order valence-corrected chi connectivity index (χ4v) is 4.81. The maximum atomic E-state index is 11.4. The molecule has 1 aliphatic heterocycles. The van der Waals surface area contributed by atoms with E-state index < -0.39 is 5.91 Å². The molecule has 4 heterocycles. The summed E-state index contributed by atoms with van der Waals surface area (Å²) in [5.74, 6) is 0.454. The predicted octanol–water partition coefficient (Wildman–Crippen LogP) is 4.09. The Morgan fingerprint density at radius 1 is 1.06 bits per heavy atom. The smallest absolute Gasteiger partial charge is 0.258 e. The fourth-order valence-electron chi connectivity index (χ4n) is 4.05. The topological polar surface area (TPSA) is 85.8 Å². The quantitative estimate of drug-likeness (QED) is 0.461. The van der Waals surface area contributed by atoms with E-state index >= 15 is 0 Å². The van der Waals surface area contributed by atoms with Gasteiger partial charge in [-0.15, -0.1) is 11.3 Å². The zero-order chi connectivity index (χ0) is 21.9. The Labute approximate surface area is 190 Å². The first-order valence-corrected chi connectivity index (χ1v) is 11.7. The number of thiophene rings is 1. The van der Waals surface area contributed by atoms with Gasteiger partial charge in [0, 0.05) is 30.1 Å². The van der Waals surface area contributed by atoms with Crippen LogP contribution in [-0.2, 0) is 0 Å². The van der Waals surface area contributed by atoms with Gasteiger partial charge in [-0.3, -0.25) is 9.69 Å². The summed E-state index contributed by atoms with van der Waals surface area (Å²) in [4.78, 5) is 19.0. The lowest BCUT2D eigenvalue weighted by atomic mass is 10.1. The second kappa shape index (κ2) is 9.10. The molecule has 1 aliphatic rings. The van der Waals surface area contributed by atoms with E-state index in [0.29, 0.717) is 11.5 Å². The molecule has 0 aliphatic carbocycles. The van der Waals surface area contributed by atoms with Crippen molar-refractivity contribution in [2.45, 2.75) is 19.3 Å². The summed E-state index contributed by atoms with van der Waals surface area (Å²) in [6.07, 6.45) is 9.51. The summed E-state index contributed by atoms with van der Waals surface area (Å²) in [7, 11) is 0. The van der Waals surface area contributed by atoms with Gasteiger partial charge >= 0.3 is 0 Å². The number of nitrogens with two attached hydrogens (primary N) is 1. The first-order valence-electron chi connectivity index (χ1n) is 10.8. The predicted molar refractivity (Wildman–Crippen MR) is 126 cm³/mol. The lowest BCUT2D eigenvalue weighted by Crippen LogP contribution is -2.33. The largest absolute Gasteiger partial charge is 0.492 e. The number of primary amides is 1. The Balaban J connectivity index is 1.27. The van der Waals surface area contributed by atoms with Gasteiger partial charge in [0.1, 0.15) is 12.4 Å². The molecule has 0 unspecified atom stereocenters. The van der Waals surface area contributed by atoms with Crippen LogP contribution in [0.15, 0.2) is 54.3 Å². The van der Waals surface area contributed by atoms with E-state index in [9.17, 15) is 4.79 Å².